The van der Waals surface area contributed by atoms with Crippen LogP contribution in [0.25, 0.3) is 0 Å². The number of hydrogen-bond donors (Lipinski definition) is 4. The normalized spacial score (nSPS) is 11.1. The summed E-state index contributed by atoms with van der Waals surface area (Å²) in [6.45, 7) is 0.214. The molecular formula is C7H14N4O4. The number of oxime groups is 1. The largest absolute Gasteiger partial charge is 0.409 e. The maximum atomic E-state index is 11.0. The van der Waals surface area contributed by atoms with Crippen LogP contribution in [0.5, 0.6) is 0 Å². The Labute approximate surface area is 86.2 Å². The number of carbonyl (C=O) groups excluding carboxylic acids is 2. The number of rotatable bonds is 7. The molecule has 0 spiro atoms. The summed E-state index contributed by atoms with van der Waals surface area (Å²) in [7, 11) is 0. The van der Waals surface area contributed by atoms with Gasteiger partial charge in [-0.3, -0.25) is 9.59 Å². The molecule has 6 N–H and O–H groups in total. The number of amidine groups is 1. The third-order valence-electron chi connectivity index (χ3n) is 1.28. The number of amides is 2. The number of nitrogens with one attached hydrogen (secondary N) is 1. The van der Waals surface area contributed by atoms with Crippen molar-refractivity contribution in [2.45, 2.75) is 6.42 Å². The van der Waals surface area contributed by atoms with Gasteiger partial charge >= 0.3 is 0 Å². The number of nitrogens with zero attached hydrogens (tertiary/aromatic N) is 1. The molecule has 0 saturated carbocycles. The first-order valence-electron chi connectivity index (χ1n) is 4.15. The number of ether oxygens (including phenoxy) is 1. The van der Waals surface area contributed by atoms with Crippen molar-refractivity contribution in [3.63, 3.8) is 0 Å². The van der Waals surface area contributed by atoms with E-state index in [1.807, 2.05) is 0 Å². The molecule has 0 aromatic heterocycles. The maximum absolute atomic E-state index is 11.0. The lowest BCUT2D eigenvalue weighted by Crippen LogP contribution is -2.31. The minimum absolute atomic E-state index is 0.171. The summed E-state index contributed by atoms with van der Waals surface area (Å²) < 4.78 is 4.78. The highest BCUT2D eigenvalue weighted by molar-refractivity contribution is 5.98. The van der Waals surface area contributed by atoms with Crippen LogP contribution in [-0.4, -0.2) is 42.6 Å². The lowest BCUT2D eigenvalue weighted by atomic mass is 10.4. The van der Waals surface area contributed by atoms with Gasteiger partial charge in [0.15, 0.2) is 0 Å². The van der Waals surface area contributed by atoms with Gasteiger partial charge < -0.3 is 26.7 Å². The first-order valence-corrected chi connectivity index (χ1v) is 4.15. The lowest BCUT2D eigenvalue weighted by Gasteiger charge is -2.04. The van der Waals surface area contributed by atoms with Crippen molar-refractivity contribution in [3.05, 3.63) is 0 Å². The van der Waals surface area contributed by atoms with Gasteiger partial charge in [-0.05, 0) is 0 Å². The quantitative estimate of drug-likeness (QED) is 0.125. The molecule has 8 nitrogen and oxygen atoms in total. The summed E-state index contributed by atoms with van der Waals surface area (Å²) in [5.41, 5.74) is 9.90. The molecule has 0 aliphatic carbocycles. The predicted molar refractivity (Wildman–Crippen MR) is 51.0 cm³/mol. The molecule has 0 aliphatic heterocycles. The van der Waals surface area contributed by atoms with Gasteiger partial charge in [0.05, 0.1) is 13.0 Å². The van der Waals surface area contributed by atoms with Gasteiger partial charge in [0.1, 0.15) is 12.4 Å². The topological polar surface area (TPSA) is 140 Å². The van der Waals surface area contributed by atoms with Crippen molar-refractivity contribution in [2.75, 3.05) is 19.8 Å². The van der Waals surface area contributed by atoms with Gasteiger partial charge in [-0.15, -0.1) is 0 Å². The number of carbonyl (C=O) groups is 2. The minimum Gasteiger partial charge on any atom is -0.409 e. The molecule has 0 unspecified atom stereocenters. The Bertz CT molecular complexity index is 253. The van der Waals surface area contributed by atoms with Crippen LogP contribution < -0.4 is 16.8 Å². The molecule has 8 heteroatoms. The molecule has 86 valence electrons. The van der Waals surface area contributed by atoms with Gasteiger partial charge in [-0.1, -0.05) is 5.16 Å². The van der Waals surface area contributed by atoms with Crippen LogP contribution in [0.1, 0.15) is 6.42 Å². The Balaban J connectivity index is 3.43. The van der Waals surface area contributed by atoms with Crippen LogP contribution in [0.4, 0.5) is 0 Å². The zero-order valence-electron chi connectivity index (χ0n) is 8.10. The maximum Gasteiger partial charge on any atom is 0.243 e. The molecule has 0 atom stereocenters. The van der Waals surface area contributed by atoms with Gasteiger partial charge in [-0.25, -0.2) is 0 Å². The van der Waals surface area contributed by atoms with Gasteiger partial charge in [0.25, 0.3) is 0 Å². The van der Waals surface area contributed by atoms with Crippen molar-refractivity contribution < 1.29 is 19.5 Å². The van der Waals surface area contributed by atoms with Gasteiger partial charge in [0.2, 0.25) is 11.8 Å². The van der Waals surface area contributed by atoms with Crippen molar-refractivity contribution in [3.8, 4) is 0 Å². The van der Waals surface area contributed by atoms with Gasteiger partial charge in [0, 0.05) is 6.54 Å². The van der Waals surface area contributed by atoms with Crippen LogP contribution in [0, 0.1) is 0 Å². The van der Waals surface area contributed by atoms with Crippen molar-refractivity contribution in [1.82, 2.24) is 5.32 Å². The smallest absolute Gasteiger partial charge is 0.243 e. The first-order chi connectivity index (χ1) is 7.06. The summed E-state index contributed by atoms with van der Waals surface area (Å²) in [6.07, 6.45) is -0.188. The van der Waals surface area contributed by atoms with Crippen LogP contribution in [0.3, 0.4) is 0 Å². The van der Waals surface area contributed by atoms with E-state index in [1.165, 1.54) is 0 Å². The Kier molecular flexibility index (Phi) is 6.64. The van der Waals surface area contributed by atoms with Crippen LogP contribution in [-0.2, 0) is 14.3 Å². The van der Waals surface area contributed by atoms with Crippen LogP contribution in [0.15, 0.2) is 5.16 Å². The SMILES string of the molecule is NC(=O)COCCNC(=O)CC(N)=NO. The third kappa shape index (κ3) is 8.50. The van der Waals surface area contributed by atoms with E-state index in [0.29, 0.717) is 0 Å². The van der Waals surface area contributed by atoms with E-state index in [1.54, 1.807) is 0 Å². The zero-order valence-corrected chi connectivity index (χ0v) is 8.10. The number of hydrogen-bond acceptors (Lipinski definition) is 5. The molecule has 0 aromatic rings. The van der Waals surface area contributed by atoms with Gasteiger partial charge in [-0.2, -0.15) is 0 Å². The van der Waals surface area contributed by atoms with E-state index in [0.717, 1.165) is 0 Å². The Morgan fingerprint density at radius 3 is 2.60 bits per heavy atom. The predicted octanol–water partition coefficient (Wildman–Crippen LogP) is -2.26. The molecule has 0 radical (unpaired) electrons. The Morgan fingerprint density at radius 1 is 1.40 bits per heavy atom. The van der Waals surface area contributed by atoms with E-state index >= 15 is 0 Å². The summed E-state index contributed by atoms with van der Waals surface area (Å²) >= 11 is 0. The summed E-state index contributed by atoms with van der Waals surface area (Å²) in [4.78, 5) is 21.2. The number of primary amides is 1. The average molecular weight is 218 g/mol. The molecular weight excluding hydrogens is 204 g/mol. The number of nitrogens with two attached hydrogens (primary N) is 2. The fourth-order valence-electron chi connectivity index (χ4n) is 0.698. The third-order valence-corrected chi connectivity index (χ3v) is 1.28. The summed E-state index contributed by atoms with van der Waals surface area (Å²) in [5.74, 6) is -1.14. The van der Waals surface area contributed by atoms with E-state index in [-0.39, 0.29) is 32.0 Å². The summed E-state index contributed by atoms with van der Waals surface area (Å²) in [6, 6.07) is 0. The summed E-state index contributed by atoms with van der Waals surface area (Å²) in [5, 5.41) is 13.2. The highest BCUT2D eigenvalue weighted by Crippen LogP contribution is 1.80. The molecule has 0 fully saturated rings. The average Bonchev–Trinajstić information content (AvgIpc) is 2.16. The van der Waals surface area contributed by atoms with E-state index in [4.69, 9.17) is 21.4 Å². The van der Waals surface area contributed by atoms with Crippen molar-refractivity contribution >= 4 is 17.6 Å². The molecule has 15 heavy (non-hydrogen) atoms. The minimum atomic E-state index is -0.571. The monoisotopic (exact) mass is 218 g/mol. The Morgan fingerprint density at radius 2 is 2.07 bits per heavy atom. The lowest BCUT2D eigenvalue weighted by molar-refractivity contribution is -0.122. The fraction of sp³-hybridized carbons (Fsp3) is 0.571. The molecule has 0 bridgehead atoms. The van der Waals surface area contributed by atoms with Crippen LogP contribution >= 0.6 is 0 Å². The van der Waals surface area contributed by atoms with E-state index < -0.39 is 11.8 Å². The highest BCUT2D eigenvalue weighted by atomic mass is 16.5. The van der Waals surface area contributed by atoms with Crippen LogP contribution in [0.2, 0.25) is 0 Å². The second-order valence-corrected chi connectivity index (χ2v) is 2.64. The second kappa shape index (κ2) is 7.56. The zero-order chi connectivity index (χ0) is 11.7. The van der Waals surface area contributed by atoms with Crippen molar-refractivity contribution in [2.24, 2.45) is 16.6 Å². The molecule has 0 rings (SSSR count). The highest BCUT2D eigenvalue weighted by Gasteiger charge is 2.03. The second-order valence-electron chi connectivity index (χ2n) is 2.64. The molecule has 0 aliphatic rings. The molecule has 0 heterocycles. The molecule has 0 aromatic carbocycles. The molecule has 2 amide bonds. The first kappa shape index (κ1) is 13.2. The van der Waals surface area contributed by atoms with E-state index in [9.17, 15) is 9.59 Å². The Hall–Kier alpha value is -1.83. The van der Waals surface area contributed by atoms with Crippen molar-refractivity contribution in [1.29, 1.82) is 0 Å². The van der Waals surface area contributed by atoms with E-state index in [2.05, 4.69) is 10.5 Å². The standard InChI is InChI=1S/C7H14N4O4/c8-5(11-14)3-7(13)10-1-2-15-4-6(9)12/h14H,1-4H2,(H2,8,11)(H2,9,12)(H,10,13). The fourth-order valence-corrected chi connectivity index (χ4v) is 0.698. The molecule has 0 saturated heterocycles.